The van der Waals surface area contributed by atoms with Crippen LogP contribution in [0.15, 0.2) is 12.1 Å². The minimum atomic E-state index is -0.961. The molecule has 0 bridgehead atoms. The fourth-order valence-electron chi connectivity index (χ4n) is 2.44. The molecule has 1 aromatic heterocycles. The van der Waals surface area contributed by atoms with Gasteiger partial charge in [0.2, 0.25) is 5.91 Å². The summed E-state index contributed by atoms with van der Waals surface area (Å²) in [6.07, 6.45) is 2.33. The summed E-state index contributed by atoms with van der Waals surface area (Å²) in [5.41, 5.74) is 6.32. The van der Waals surface area contributed by atoms with E-state index in [1.807, 2.05) is 11.8 Å². The number of nitrogens with two attached hydrogens (primary N) is 1. The Hall–Kier alpha value is -2.11. The first kappa shape index (κ1) is 14.3. The highest BCUT2D eigenvalue weighted by atomic mass is 16.4. The normalized spacial score (nSPS) is 18.2. The number of amides is 1. The maximum absolute atomic E-state index is 11.2. The lowest BCUT2D eigenvalue weighted by Crippen LogP contribution is -2.28. The van der Waals surface area contributed by atoms with Crippen LogP contribution in [0.5, 0.6) is 0 Å². The van der Waals surface area contributed by atoms with Crippen molar-refractivity contribution in [1.29, 1.82) is 0 Å². The van der Waals surface area contributed by atoms with E-state index in [1.54, 1.807) is 12.1 Å². The topological polar surface area (TPSA) is 96.5 Å². The van der Waals surface area contributed by atoms with E-state index in [0.29, 0.717) is 25.3 Å². The lowest BCUT2D eigenvalue weighted by molar-refractivity contribution is -0.121. The van der Waals surface area contributed by atoms with Gasteiger partial charge in [-0.3, -0.25) is 4.79 Å². The molecule has 2 rings (SSSR count). The van der Waals surface area contributed by atoms with Crippen LogP contribution < -0.4 is 10.6 Å². The second kappa shape index (κ2) is 5.90. The van der Waals surface area contributed by atoms with Gasteiger partial charge in [0.05, 0.1) is 11.5 Å². The van der Waals surface area contributed by atoms with Crippen molar-refractivity contribution in [2.24, 2.45) is 11.7 Å². The van der Waals surface area contributed by atoms with Gasteiger partial charge < -0.3 is 15.7 Å². The minimum absolute atomic E-state index is 0.181. The van der Waals surface area contributed by atoms with Crippen molar-refractivity contribution in [2.45, 2.75) is 26.2 Å². The molecule has 0 aromatic carbocycles. The van der Waals surface area contributed by atoms with E-state index in [0.717, 1.165) is 18.5 Å². The number of carboxylic acid groups (broad SMARTS) is 1. The highest BCUT2D eigenvalue weighted by Crippen LogP contribution is 2.24. The maximum Gasteiger partial charge on any atom is 0.335 e. The number of primary amides is 1. The molecular formula is C14H19N3O3. The van der Waals surface area contributed by atoms with Gasteiger partial charge in [0.15, 0.2) is 0 Å². The quantitative estimate of drug-likeness (QED) is 0.838. The largest absolute Gasteiger partial charge is 0.478 e. The molecule has 1 aliphatic heterocycles. The Kier molecular flexibility index (Phi) is 4.22. The Bertz CT molecular complexity index is 530. The molecule has 3 N–H and O–H groups in total. The third-order valence-electron chi connectivity index (χ3n) is 3.53. The standard InChI is InChI=1S/C14H19N3O3/c1-2-3-11-6-10(14(19)20)7-12(16-11)17-5-4-9(8-17)13(15)18/h6-7,9H,2-5,8H2,1H3,(H2,15,18)(H,19,20). The van der Waals surface area contributed by atoms with Crippen molar-refractivity contribution in [3.63, 3.8) is 0 Å². The van der Waals surface area contributed by atoms with E-state index in [-0.39, 0.29) is 17.4 Å². The van der Waals surface area contributed by atoms with Crippen LogP contribution in [0.3, 0.4) is 0 Å². The number of carboxylic acids is 1. The second-order valence-electron chi connectivity index (χ2n) is 5.09. The van der Waals surface area contributed by atoms with E-state index in [1.165, 1.54) is 0 Å². The van der Waals surface area contributed by atoms with Crippen LogP contribution in [0, 0.1) is 5.92 Å². The van der Waals surface area contributed by atoms with Crippen molar-refractivity contribution < 1.29 is 14.7 Å². The molecule has 1 unspecified atom stereocenters. The molecule has 6 nitrogen and oxygen atoms in total. The lowest BCUT2D eigenvalue weighted by Gasteiger charge is -2.18. The number of nitrogens with zero attached hydrogens (tertiary/aromatic N) is 2. The molecule has 0 saturated carbocycles. The minimum Gasteiger partial charge on any atom is -0.478 e. The molecular weight excluding hydrogens is 258 g/mol. The van der Waals surface area contributed by atoms with Crippen LogP contribution in [0.4, 0.5) is 5.82 Å². The zero-order valence-corrected chi connectivity index (χ0v) is 11.5. The highest BCUT2D eigenvalue weighted by Gasteiger charge is 2.28. The monoisotopic (exact) mass is 277 g/mol. The van der Waals surface area contributed by atoms with Crippen molar-refractivity contribution in [3.8, 4) is 0 Å². The number of aryl methyl sites for hydroxylation is 1. The molecule has 1 aromatic rings. The molecule has 1 atom stereocenters. The van der Waals surface area contributed by atoms with Crippen molar-refractivity contribution >= 4 is 17.7 Å². The molecule has 0 radical (unpaired) electrons. The van der Waals surface area contributed by atoms with Gasteiger partial charge in [0, 0.05) is 18.8 Å². The van der Waals surface area contributed by atoms with Gasteiger partial charge in [-0.1, -0.05) is 13.3 Å². The van der Waals surface area contributed by atoms with E-state index >= 15 is 0 Å². The Morgan fingerprint density at radius 1 is 1.50 bits per heavy atom. The summed E-state index contributed by atoms with van der Waals surface area (Å²) < 4.78 is 0. The number of aromatic carboxylic acids is 1. The first-order chi connectivity index (χ1) is 9.51. The van der Waals surface area contributed by atoms with Crippen LogP contribution in [0.25, 0.3) is 0 Å². The zero-order valence-electron chi connectivity index (χ0n) is 11.5. The van der Waals surface area contributed by atoms with Crippen LogP contribution >= 0.6 is 0 Å². The predicted molar refractivity (Wildman–Crippen MR) is 74.7 cm³/mol. The van der Waals surface area contributed by atoms with Crippen molar-refractivity contribution in [3.05, 3.63) is 23.4 Å². The summed E-state index contributed by atoms with van der Waals surface area (Å²) in [5, 5.41) is 9.16. The summed E-state index contributed by atoms with van der Waals surface area (Å²) in [5.74, 6) is -0.829. The van der Waals surface area contributed by atoms with Gasteiger partial charge >= 0.3 is 5.97 Å². The average molecular weight is 277 g/mol. The van der Waals surface area contributed by atoms with E-state index < -0.39 is 5.97 Å². The highest BCUT2D eigenvalue weighted by molar-refractivity contribution is 5.88. The number of carbonyl (C=O) groups excluding carboxylic acids is 1. The summed E-state index contributed by atoms with van der Waals surface area (Å²) in [7, 11) is 0. The van der Waals surface area contributed by atoms with Gasteiger partial charge in [-0.2, -0.15) is 0 Å². The molecule has 0 spiro atoms. The fraction of sp³-hybridized carbons (Fsp3) is 0.500. The Balaban J connectivity index is 2.26. The zero-order chi connectivity index (χ0) is 14.7. The molecule has 20 heavy (non-hydrogen) atoms. The number of hydrogen-bond acceptors (Lipinski definition) is 4. The number of anilines is 1. The molecule has 2 heterocycles. The number of hydrogen-bond donors (Lipinski definition) is 2. The molecule has 0 aliphatic carbocycles. The molecule has 108 valence electrons. The fourth-order valence-corrected chi connectivity index (χ4v) is 2.44. The Morgan fingerprint density at radius 2 is 2.25 bits per heavy atom. The van der Waals surface area contributed by atoms with Crippen molar-refractivity contribution in [2.75, 3.05) is 18.0 Å². The summed E-state index contributed by atoms with van der Waals surface area (Å²) in [6, 6.07) is 3.17. The molecule has 1 amide bonds. The first-order valence-corrected chi connectivity index (χ1v) is 6.79. The Labute approximate surface area is 117 Å². The third-order valence-corrected chi connectivity index (χ3v) is 3.53. The third kappa shape index (κ3) is 3.07. The molecule has 1 fully saturated rings. The van der Waals surface area contributed by atoms with E-state index in [4.69, 9.17) is 10.8 Å². The summed E-state index contributed by atoms with van der Waals surface area (Å²) >= 11 is 0. The first-order valence-electron chi connectivity index (χ1n) is 6.79. The SMILES string of the molecule is CCCc1cc(C(=O)O)cc(N2CCC(C(N)=O)C2)n1. The van der Waals surface area contributed by atoms with Gasteiger partial charge in [0.25, 0.3) is 0 Å². The van der Waals surface area contributed by atoms with Crippen LogP contribution in [-0.2, 0) is 11.2 Å². The van der Waals surface area contributed by atoms with Gasteiger partial charge in [0.1, 0.15) is 5.82 Å². The number of carbonyl (C=O) groups is 2. The van der Waals surface area contributed by atoms with Crippen LogP contribution in [-0.4, -0.2) is 35.1 Å². The smallest absolute Gasteiger partial charge is 0.335 e. The lowest BCUT2D eigenvalue weighted by atomic mass is 10.1. The average Bonchev–Trinajstić information content (AvgIpc) is 2.88. The number of aromatic nitrogens is 1. The second-order valence-corrected chi connectivity index (χ2v) is 5.09. The number of pyridine rings is 1. The molecule has 1 saturated heterocycles. The predicted octanol–water partition coefficient (Wildman–Crippen LogP) is 1.04. The summed E-state index contributed by atoms with van der Waals surface area (Å²) in [4.78, 5) is 28.8. The maximum atomic E-state index is 11.2. The van der Waals surface area contributed by atoms with Crippen LogP contribution in [0.1, 0.15) is 35.8 Å². The van der Waals surface area contributed by atoms with Gasteiger partial charge in [-0.15, -0.1) is 0 Å². The van der Waals surface area contributed by atoms with E-state index in [2.05, 4.69) is 4.98 Å². The summed E-state index contributed by atoms with van der Waals surface area (Å²) in [6.45, 7) is 3.21. The van der Waals surface area contributed by atoms with E-state index in [9.17, 15) is 9.59 Å². The number of rotatable bonds is 5. The molecule has 1 aliphatic rings. The Morgan fingerprint density at radius 3 is 2.80 bits per heavy atom. The van der Waals surface area contributed by atoms with Crippen molar-refractivity contribution in [1.82, 2.24) is 4.98 Å². The van der Waals surface area contributed by atoms with Gasteiger partial charge in [-0.05, 0) is 25.0 Å². The van der Waals surface area contributed by atoms with Crippen LogP contribution in [0.2, 0.25) is 0 Å². The molecule has 6 heteroatoms. The van der Waals surface area contributed by atoms with Gasteiger partial charge in [-0.25, -0.2) is 9.78 Å².